The summed E-state index contributed by atoms with van der Waals surface area (Å²) in [5.41, 5.74) is 5.94. The largest absolute Gasteiger partial charge is 0.261 e. The maximum absolute atomic E-state index is 4.59. The molecule has 0 bridgehead atoms. The first-order valence-electron chi connectivity index (χ1n) is 8.21. The van der Waals surface area contributed by atoms with Gasteiger partial charge in [0.25, 0.3) is 0 Å². The molecule has 0 aliphatic rings. The monoisotopic (exact) mass is 684 g/mol. The summed E-state index contributed by atoms with van der Waals surface area (Å²) in [6, 6.07) is 15.8. The molecule has 0 aliphatic heterocycles. The number of halogens is 4. The zero-order chi connectivity index (χ0) is 17.5. The van der Waals surface area contributed by atoms with Gasteiger partial charge in [-0.25, -0.2) is 0 Å². The maximum Gasteiger partial charge on any atom is 0.0812 e. The normalized spacial score (nSPS) is 9.23. The Hall–Kier alpha value is -0.655. The van der Waals surface area contributed by atoms with Crippen LogP contribution in [-0.2, 0) is 47.3 Å². The van der Waals surface area contributed by atoms with E-state index in [0.29, 0.717) is 0 Å². The summed E-state index contributed by atoms with van der Waals surface area (Å²) in [5.74, 6) is 0. The second-order valence-corrected chi connectivity index (χ2v) is 5.77. The Morgan fingerprint density at radius 1 is 0.742 bits per heavy atom. The maximum atomic E-state index is 4.59. The van der Waals surface area contributed by atoms with Gasteiger partial charge in [-0.15, -0.1) is 49.6 Å². The first kappa shape index (κ1) is 37.6. The molecule has 0 unspecified atom stereocenters. The number of hydrogen-bond donors (Lipinski definition) is 0. The van der Waals surface area contributed by atoms with Gasteiger partial charge >= 0.3 is 0 Å². The molecule has 2 heterocycles. The Kier molecular flexibility index (Phi) is 24.3. The molecule has 176 valence electrons. The molecule has 0 spiro atoms. The van der Waals surface area contributed by atoms with Crippen LogP contribution in [0, 0.1) is 13.8 Å². The molecule has 4 nitrogen and oxygen atoms in total. The minimum Gasteiger partial charge on any atom is -0.261 e. The summed E-state index contributed by atoms with van der Waals surface area (Å²) in [7, 11) is 0. The molecule has 0 aliphatic carbocycles. The third-order valence-electron chi connectivity index (χ3n) is 3.80. The van der Waals surface area contributed by atoms with E-state index >= 15 is 0 Å². The quantitative estimate of drug-likeness (QED) is 0.228. The van der Waals surface area contributed by atoms with Gasteiger partial charge in [0.1, 0.15) is 0 Å². The summed E-state index contributed by atoms with van der Waals surface area (Å²) in [6.07, 6.45) is 7.97. The van der Waals surface area contributed by atoms with E-state index in [1.165, 1.54) is 0 Å². The third kappa shape index (κ3) is 12.2. The second-order valence-electron chi connectivity index (χ2n) is 5.77. The van der Waals surface area contributed by atoms with Gasteiger partial charge in [-0.05, 0) is 61.4 Å². The number of pyridine rings is 2. The summed E-state index contributed by atoms with van der Waals surface area (Å²) >= 11 is 0. The van der Waals surface area contributed by atoms with Crippen molar-refractivity contribution < 1.29 is 40.8 Å². The number of aromatic nitrogens is 2. The molecule has 0 N–H and O–H groups in total. The van der Waals surface area contributed by atoms with Crippen LogP contribution < -0.4 is 0 Å². The van der Waals surface area contributed by atoms with Crippen molar-refractivity contribution in [3.63, 3.8) is 0 Å². The van der Waals surface area contributed by atoms with Crippen LogP contribution >= 0.6 is 49.6 Å². The molecule has 10 heteroatoms. The topological polar surface area (TPSA) is 50.5 Å². The van der Waals surface area contributed by atoms with E-state index in [0.717, 1.165) is 40.3 Å². The number of benzene rings is 1. The molecule has 0 radical (unpaired) electrons. The molecule has 3 aromatic rings. The average molecular weight is 687 g/mol. The number of nitrogens with zero attached hydrogens (tertiary/aromatic N) is 4. The molecule has 2 aromatic heterocycles. The van der Waals surface area contributed by atoms with Gasteiger partial charge in [0.05, 0.1) is 23.3 Å². The number of aryl methyl sites for hydroxylation is 2. The van der Waals surface area contributed by atoms with E-state index in [1.54, 1.807) is 18.6 Å². The Morgan fingerprint density at radius 3 is 1.81 bits per heavy atom. The van der Waals surface area contributed by atoms with E-state index in [1.807, 2.05) is 56.5 Å². The Morgan fingerprint density at radius 2 is 1.29 bits per heavy atom. The van der Waals surface area contributed by atoms with Crippen LogP contribution in [-0.4, -0.2) is 22.4 Å². The predicted octanol–water partition coefficient (Wildman–Crippen LogP) is 6.47. The molecule has 0 fully saturated rings. The van der Waals surface area contributed by atoms with Gasteiger partial charge in [-0.3, -0.25) is 20.0 Å². The third-order valence-corrected chi connectivity index (χ3v) is 3.80. The number of rotatable bonds is 5. The van der Waals surface area contributed by atoms with Crippen molar-refractivity contribution in [2.24, 2.45) is 9.98 Å². The molecule has 0 atom stereocenters. The van der Waals surface area contributed by atoms with Crippen molar-refractivity contribution in [3.8, 4) is 0 Å². The van der Waals surface area contributed by atoms with E-state index in [9.17, 15) is 0 Å². The zero-order valence-electron chi connectivity index (χ0n) is 16.7. The van der Waals surface area contributed by atoms with Crippen LogP contribution in [0.15, 0.2) is 70.9 Å². The van der Waals surface area contributed by atoms with Gasteiger partial charge in [-0.1, -0.05) is 12.1 Å². The fourth-order valence-corrected chi connectivity index (χ4v) is 2.41. The van der Waals surface area contributed by atoms with Crippen LogP contribution in [0.5, 0.6) is 0 Å². The molecule has 0 saturated carbocycles. The molecule has 0 amide bonds. The minimum atomic E-state index is 0. The first-order chi connectivity index (χ1) is 12.2. The Labute approximate surface area is 236 Å². The van der Waals surface area contributed by atoms with Gasteiger partial charge in [0.2, 0.25) is 0 Å². The van der Waals surface area contributed by atoms with Crippen molar-refractivity contribution in [1.82, 2.24) is 9.97 Å². The van der Waals surface area contributed by atoms with E-state index in [2.05, 4.69) is 32.1 Å². The van der Waals surface area contributed by atoms with Crippen molar-refractivity contribution in [2.45, 2.75) is 20.3 Å². The Bertz CT molecular complexity index is 912. The summed E-state index contributed by atoms with van der Waals surface area (Å²) in [5, 5.41) is 0. The van der Waals surface area contributed by atoms with Crippen LogP contribution in [0.25, 0.3) is 0 Å². The molecule has 0 saturated heterocycles. The Balaban J connectivity index is -0.000000607. The molecular weight excluding hydrogens is 663 g/mol. The number of hydrogen-bond acceptors (Lipinski definition) is 4. The van der Waals surface area contributed by atoms with E-state index < -0.39 is 0 Å². The van der Waals surface area contributed by atoms with Crippen LogP contribution in [0.3, 0.4) is 0 Å². The molecule has 3 rings (SSSR count). The summed E-state index contributed by atoms with van der Waals surface area (Å²) < 4.78 is 0. The van der Waals surface area contributed by atoms with Gasteiger partial charge < -0.3 is 0 Å². The number of aliphatic imine (C=N–C) groups is 2. The second kappa shape index (κ2) is 20.0. The van der Waals surface area contributed by atoms with Crippen molar-refractivity contribution in [1.29, 1.82) is 0 Å². The van der Waals surface area contributed by atoms with Gasteiger partial charge in [0, 0.05) is 71.6 Å². The standard InChI is InChI=1S/C21H20N4.4ClH.2Pd/c1-16-14-21(25-15-19-8-4-6-11-23-19)17(2)13-20(16)24-12-9-18-7-3-5-10-22-18;;;;;;/h3-8,10-15H,9H2,1-2H3;4*1H;;. The van der Waals surface area contributed by atoms with Crippen molar-refractivity contribution in [2.75, 3.05) is 0 Å². The van der Waals surface area contributed by atoms with Gasteiger partial charge in [0.15, 0.2) is 0 Å². The molecular formula is C21H24Cl4N4Pd2. The SMILES string of the molecule is Cc1cc(N=Cc2ccccn2)c(C)cc1N=CCc1ccccn1.Cl.Cl.Cl.Cl.[Pd].[Pd]. The fourth-order valence-electron chi connectivity index (χ4n) is 2.41. The van der Waals surface area contributed by atoms with Crippen LogP contribution in [0.4, 0.5) is 11.4 Å². The van der Waals surface area contributed by atoms with Crippen molar-refractivity contribution >= 4 is 73.4 Å². The van der Waals surface area contributed by atoms with E-state index in [4.69, 9.17) is 0 Å². The fraction of sp³-hybridized carbons (Fsp3) is 0.143. The first-order valence-corrected chi connectivity index (χ1v) is 8.21. The zero-order valence-corrected chi connectivity index (χ0v) is 23.1. The smallest absolute Gasteiger partial charge is 0.0812 e. The van der Waals surface area contributed by atoms with Crippen molar-refractivity contribution in [3.05, 3.63) is 83.4 Å². The average Bonchev–Trinajstić information content (AvgIpc) is 2.65. The summed E-state index contributed by atoms with van der Waals surface area (Å²) in [6.45, 7) is 4.09. The minimum absolute atomic E-state index is 0. The summed E-state index contributed by atoms with van der Waals surface area (Å²) in [4.78, 5) is 17.7. The predicted molar refractivity (Wildman–Crippen MR) is 132 cm³/mol. The molecule has 1 aromatic carbocycles. The van der Waals surface area contributed by atoms with Crippen LogP contribution in [0.2, 0.25) is 0 Å². The van der Waals surface area contributed by atoms with E-state index in [-0.39, 0.29) is 90.5 Å². The van der Waals surface area contributed by atoms with Gasteiger partial charge in [-0.2, -0.15) is 0 Å². The van der Waals surface area contributed by atoms with Crippen LogP contribution in [0.1, 0.15) is 22.5 Å². The molecule has 31 heavy (non-hydrogen) atoms.